The normalized spacial score (nSPS) is 13.2. The molecule has 0 amide bonds. The lowest BCUT2D eigenvalue weighted by Crippen LogP contribution is -2.08. The SMILES string of the molecule is O=S(CCc1ccccc1)C(F)F. The third kappa shape index (κ3) is 3.63. The average Bonchev–Trinajstić information content (AvgIpc) is 2.15. The predicted molar refractivity (Wildman–Crippen MR) is 49.2 cm³/mol. The van der Waals surface area contributed by atoms with Crippen LogP contribution in [0.4, 0.5) is 8.78 Å². The van der Waals surface area contributed by atoms with Crippen molar-refractivity contribution in [2.75, 3.05) is 5.75 Å². The maximum Gasteiger partial charge on any atom is 0.311 e. The number of hydrogen-bond acceptors (Lipinski definition) is 1. The van der Waals surface area contributed by atoms with Crippen LogP contribution in [0, 0.1) is 0 Å². The van der Waals surface area contributed by atoms with Crippen molar-refractivity contribution in [1.29, 1.82) is 0 Å². The summed E-state index contributed by atoms with van der Waals surface area (Å²) >= 11 is 0. The Bertz CT molecular complexity index is 274. The van der Waals surface area contributed by atoms with Crippen molar-refractivity contribution in [3.63, 3.8) is 0 Å². The zero-order valence-corrected chi connectivity index (χ0v) is 7.77. The number of halogens is 2. The van der Waals surface area contributed by atoms with Crippen LogP contribution >= 0.6 is 0 Å². The lowest BCUT2D eigenvalue weighted by Gasteiger charge is -2.00. The molecule has 0 radical (unpaired) electrons. The molecule has 0 fully saturated rings. The summed E-state index contributed by atoms with van der Waals surface area (Å²) in [4.78, 5) is 0. The molecule has 0 N–H and O–H groups in total. The van der Waals surface area contributed by atoms with Crippen molar-refractivity contribution in [3.8, 4) is 0 Å². The molecule has 0 aliphatic carbocycles. The van der Waals surface area contributed by atoms with Crippen LogP contribution in [0.3, 0.4) is 0 Å². The molecule has 0 saturated carbocycles. The van der Waals surface area contributed by atoms with Gasteiger partial charge in [-0.05, 0) is 12.0 Å². The summed E-state index contributed by atoms with van der Waals surface area (Å²) in [6.45, 7) is 0. The second kappa shape index (κ2) is 5.07. The molecule has 0 saturated heterocycles. The summed E-state index contributed by atoms with van der Waals surface area (Å²) in [5, 5.41) is 0. The van der Waals surface area contributed by atoms with Crippen LogP contribution in [0.2, 0.25) is 0 Å². The third-order valence-electron chi connectivity index (χ3n) is 1.63. The lowest BCUT2D eigenvalue weighted by molar-refractivity contribution is 0.244. The van der Waals surface area contributed by atoms with E-state index in [0.717, 1.165) is 5.56 Å². The van der Waals surface area contributed by atoms with Gasteiger partial charge in [-0.25, -0.2) is 0 Å². The average molecular weight is 204 g/mol. The molecule has 1 nitrogen and oxygen atoms in total. The van der Waals surface area contributed by atoms with Gasteiger partial charge in [0.2, 0.25) is 0 Å². The van der Waals surface area contributed by atoms with Gasteiger partial charge in [0, 0.05) is 5.75 Å². The van der Waals surface area contributed by atoms with Gasteiger partial charge in [-0.2, -0.15) is 8.78 Å². The molecule has 1 aromatic rings. The maximum absolute atomic E-state index is 11.8. The minimum absolute atomic E-state index is 0.0294. The molecule has 13 heavy (non-hydrogen) atoms. The van der Waals surface area contributed by atoms with Gasteiger partial charge in [0.25, 0.3) is 0 Å². The molecule has 0 spiro atoms. The molecule has 4 heteroatoms. The highest BCUT2D eigenvalue weighted by molar-refractivity contribution is 7.85. The van der Waals surface area contributed by atoms with Gasteiger partial charge in [0.05, 0.1) is 10.8 Å². The quantitative estimate of drug-likeness (QED) is 0.734. The van der Waals surface area contributed by atoms with Crippen LogP contribution < -0.4 is 0 Å². The Hall–Kier alpha value is -0.770. The highest BCUT2D eigenvalue weighted by Gasteiger charge is 2.11. The number of rotatable bonds is 4. The summed E-state index contributed by atoms with van der Waals surface area (Å²) in [5.41, 5.74) is 0.941. The van der Waals surface area contributed by atoms with Crippen molar-refractivity contribution in [2.24, 2.45) is 0 Å². The van der Waals surface area contributed by atoms with Crippen LogP contribution in [-0.2, 0) is 17.2 Å². The minimum Gasteiger partial charge on any atom is -0.254 e. The third-order valence-corrected chi connectivity index (χ3v) is 2.64. The summed E-state index contributed by atoms with van der Waals surface area (Å²) in [6, 6.07) is 9.19. The van der Waals surface area contributed by atoms with Crippen molar-refractivity contribution in [1.82, 2.24) is 0 Å². The topological polar surface area (TPSA) is 17.1 Å². The van der Waals surface area contributed by atoms with Gasteiger partial charge in [-0.15, -0.1) is 0 Å². The molecule has 1 aromatic carbocycles. The molecule has 1 atom stereocenters. The molecule has 0 heterocycles. The molecule has 72 valence electrons. The van der Waals surface area contributed by atoms with Gasteiger partial charge in [-0.1, -0.05) is 30.3 Å². The Balaban J connectivity index is 2.40. The van der Waals surface area contributed by atoms with E-state index < -0.39 is 16.6 Å². The molecule has 1 rings (SSSR count). The zero-order chi connectivity index (χ0) is 9.68. The zero-order valence-electron chi connectivity index (χ0n) is 6.95. The van der Waals surface area contributed by atoms with E-state index in [1.807, 2.05) is 30.3 Å². The van der Waals surface area contributed by atoms with Crippen molar-refractivity contribution < 1.29 is 13.0 Å². The molecule has 0 aliphatic heterocycles. The Morgan fingerprint density at radius 1 is 1.23 bits per heavy atom. The Kier molecular flexibility index (Phi) is 4.02. The van der Waals surface area contributed by atoms with Crippen LogP contribution in [0.25, 0.3) is 0 Å². The van der Waals surface area contributed by atoms with E-state index in [4.69, 9.17) is 0 Å². The monoisotopic (exact) mass is 204 g/mol. The minimum atomic E-state index is -2.72. The fourth-order valence-electron chi connectivity index (χ4n) is 0.952. The first-order valence-corrected chi connectivity index (χ1v) is 5.27. The van der Waals surface area contributed by atoms with Crippen LogP contribution in [0.1, 0.15) is 5.56 Å². The number of hydrogen-bond donors (Lipinski definition) is 0. The van der Waals surface area contributed by atoms with E-state index in [1.165, 1.54) is 0 Å². The highest BCUT2D eigenvalue weighted by Crippen LogP contribution is 2.05. The van der Waals surface area contributed by atoms with Gasteiger partial charge in [0.15, 0.2) is 0 Å². The molecule has 0 bridgehead atoms. The summed E-state index contributed by atoms with van der Waals surface area (Å²) in [7, 11) is -2.01. The van der Waals surface area contributed by atoms with Crippen molar-refractivity contribution in [2.45, 2.75) is 12.2 Å². The van der Waals surface area contributed by atoms with E-state index in [2.05, 4.69) is 0 Å². The fourth-order valence-corrected chi connectivity index (χ4v) is 1.57. The standard InChI is InChI=1S/C9H10F2OS/c10-9(11)13(12)7-6-8-4-2-1-3-5-8/h1-5,9H,6-7H2. The first-order valence-electron chi connectivity index (χ1n) is 3.89. The number of aryl methyl sites for hydroxylation is 1. The summed E-state index contributed by atoms with van der Waals surface area (Å²) in [6.07, 6.45) is 0.442. The summed E-state index contributed by atoms with van der Waals surface area (Å²) < 4.78 is 34.3. The van der Waals surface area contributed by atoms with Crippen LogP contribution in [-0.4, -0.2) is 15.7 Å². The largest absolute Gasteiger partial charge is 0.311 e. The van der Waals surface area contributed by atoms with Crippen molar-refractivity contribution >= 4 is 10.8 Å². The second-order valence-electron chi connectivity index (χ2n) is 2.58. The van der Waals surface area contributed by atoms with Gasteiger partial charge in [-0.3, -0.25) is 4.21 Å². The van der Waals surface area contributed by atoms with E-state index >= 15 is 0 Å². The molecular formula is C9H10F2OS. The predicted octanol–water partition coefficient (Wildman–Crippen LogP) is 2.20. The van der Waals surface area contributed by atoms with Gasteiger partial charge >= 0.3 is 5.76 Å². The molecule has 0 aromatic heterocycles. The van der Waals surface area contributed by atoms with E-state index in [9.17, 15) is 13.0 Å². The van der Waals surface area contributed by atoms with E-state index in [0.29, 0.717) is 6.42 Å². The number of benzene rings is 1. The van der Waals surface area contributed by atoms with Crippen LogP contribution in [0.5, 0.6) is 0 Å². The molecule has 1 unspecified atom stereocenters. The highest BCUT2D eigenvalue weighted by atomic mass is 32.2. The Labute approximate surface area is 78.2 Å². The number of alkyl halides is 2. The summed E-state index contributed by atoms with van der Waals surface area (Å²) in [5.74, 6) is -2.69. The molecular weight excluding hydrogens is 194 g/mol. The van der Waals surface area contributed by atoms with E-state index in [1.54, 1.807) is 0 Å². The Morgan fingerprint density at radius 3 is 2.38 bits per heavy atom. The van der Waals surface area contributed by atoms with Gasteiger partial charge in [0.1, 0.15) is 0 Å². The van der Waals surface area contributed by atoms with Crippen molar-refractivity contribution in [3.05, 3.63) is 35.9 Å². The fraction of sp³-hybridized carbons (Fsp3) is 0.333. The second-order valence-corrected chi connectivity index (χ2v) is 4.11. The molecule has 0 aliphatic rings. The smallest absolute Gasteiger partial charge is 0.254 e. The first kappa shape index (κ1) is 10.3. The lowest BCUT2D eigenvalue weighted by atomic mass is 10.2. The van der Waals surface area contributed by atoms with Gasteiger partial charge < -0.3 is 0 Å². The van der Waals surface area contributed by atoms with E-state index in [-0.39, 0.29) is 5.75 Å². The first-order chi connectivity index (χ1) is 6.20. The maximum atomic E-state index is 11.8. The van der Waals surface area contributed by atoms with Crippen LogP contribution in [0.15, 0.2) is 30.3 Å². The Morgan fingerprint density at radius 2 is 1.85 bits per heavy atom.